The first-order valence-corrected chi connectivity index (χ1v) is 7.38. The second-order valence-corrected chi connectivity index (χ2v) is 5.30. The van der Waals surface area contributed by atoms with Crippen molar-refractivity contribution >= 4 is 17.5 Å². The van der Waals surface area contributed by atoms with Gasteiger partial charge in [0.1, 0.15) is 5.82 Å². The Hall–Kier alpha value is -2.69. The summed E-state index contributed by atoms with van der Waals surface area (Å²) in [5.41, 5.74) is 3.06. The molecule has 0 aromatic heterocycles. The highest BCUT2D eigenvalue weighted by Gasteiger charge is 2.14. The fourth-order valence-corrected chi connectivity index (χ4v) is 2.16. The Morgan fingerprint density at radius 2 is 1.74 bits per heavy atom. The van der Waals surface area contributed by atoms with Crippen molar-refractivity contribution in [2.45, 2.75) is 20.3 Å². The molecule has 0 saturated heterocycles. The molecule has 2 aromatic carbocycles. The summed E-state index contributed by atoms with van der Waals surface area (Å²) >= 11 is 0. The topological polar surface area (TPSA) is 58.2 Å². The highest BCUT2D eigenvalue weighted by atomic mass is 19.1. The minimum Gasteiger partial charge on any atom is -0.347 e. The number of carbonyl (C=O) groups is 2. The SMILES string of the molecule is Cc1cccc(NC(=O)C(=O)NCCc2ccccc2F)c1C. The van der Waals surface area contributed by atoms with Crippen LogP contribution in [0.2, 0.25) is 0 Å². The van der Waals surface area contributed by atoms with Gasteiger partial charge < -0.3 is 10.6 Å². The van der Waals surface area contributed by atoms with Crippen molar-refractivity contribution in [3.05, 3.63) is 65.0 Å². The molecule has 0 aliphatic carbocycles. The number of halogens is 1. The number of hydrogen-bond donors (Lipinski definition) is 2. The second kappa shape index (κ2) is 7.54. The van der Waals surface area contributed by atoms with Crippen molar-refractivity contribution in [2.75, 3.05) is 11.9 Å². The minimum atomic E-state index is -0.734. The monoisotopic (exact) mass is 314 g/mol. The zero-order valence-electron chi connectivity index (χ0n) is 13.2. The van der Waals surface area contributed by atoms with Gasteiger partial charge in [-0.05, 0) is 49.1 Å². The normalized spacial score (nSPS) is 10.2. The van der Waals surface area contributed by atoms with Crippen molar-refractivity contribution in [2.24, 2.45) is 0 Å². The van der Waals surface area contributed by atoms with Gasteiger partial charge in [-0.25, -0.2) is 4.39 Å². The van der Waals surface area contributed by atoms with E-state index in [4.69, 9.17) is 0 Å². The zero-order chi connectivity index (χ0) is 16.8. The molecular formula is C18H19FN2O2. The van der Waals surface area contributed by atoms with Gasteiger partial charge in [0, 0.05) is 12.2 Å². The number of aryl methyl sites for hydroxylation is 1. The van der Waals surface area contributed by atoms with E-state index < -0.39 is 11.8 Å². The number of carbonyl (C=O) groups excluding carboxylic acids is 2. The van der Waals surface area contributed by atoms with Gasteiger partial charge in [-0.3, -0.25) is 9.59 Å². The quantitative estimate of drug-likeness (QED) is 0.853. The van der Waals surface area contributed by atoms with Crippen molar-refractivity contribution in [1.29, 1.82) is 0 Å². The van der Waals surface area contributed by atoms with Crippen LogP contribution >= 0.6 is 0 Å². The molecule has 0 unspecified atom stereocenters. The molecule has 2 rings (SSSR count). The molecule has 0 radical (unpaired) electrons. The lowest BCUT2D eigenvalue weighted by Gasteiger charge is -2.10. The highest BCUT2D eigenvalue weighted by Crippen LogP contribution is 2.17. The van der Waals surface area contributed by atoms with Gasteiger partial charge in [0.2, 0.25) is 0 Å². The molecule has 0 spiro atoms. The van der Waals surface area contributed by atoms with Gasteiger partial charge in [-0.2, -0.15) is 0 Å². The lowest BCUT2D eigenvalue weighted by atomic mass is 10.1. The molecule has 0 aliphatic rings. The van der Waals surface area contributed by atoms with Crippen molar-refractivity contribution < 1.29 is 14.0 Å². The van der Waals surface area contributed by atoms with Crippen LogP contribution in [0.3, 0.4) is 0 Å². The van der Waals surface area contributed by atoms with Gasteiger partial charge in [-0.1, -0.05) is 30.3 Å². The highest BCUT2D eigenvalue weighted by molar-refractivity contribution is 6.39. The molecule has 23 heavy (non-hydrogen) atoms. The van der Waals surface area contributed by atoms with Gasteiger partial charge in [-0.15, -0.1) is 0 Å². The van der Waals surface area contributed by atoms with E-state index >= 15 is 0 Å². The van der Waals surface area contributed by atoms with E-state index in [1.165, 1.54) is 6.07 Å². The lowest BCUT2D eigenvalue weighted by Crippen LogP contribution is -2.36. The van der Waals surface area contributed by atoms with Crippen molar-refractivity contribution in [3.8, 4) is 0 Å². The number of nitrogens with one attached hydrogen (secondary N) is 2. The van der Waals surface area contributed by atoms with E-state index in [0.717, 1.165) is 11.1 Å². The fraction of sp³-hybridized carbons (Fsp3) is 0.222. The minimum absolute atomic E-state index is 0.194. The third-order valence-corrected chi connectivity index (χ3v) is 3.70. The summed E-state index contributed by atoms with van der Waals surface area (Å²) in [7, 11) is 0. The Kier molecular flexibility index (Phi) is 5.46. The number of hydrogen-bond acceptors (Lipinski definition) is 2. The molecule has 2 amide bonds. The third kappa shape index (κ3) is 4.39. The molecule has 0 aliphatic heterocycles. The average Bonchev–Trinajstić information content (AvgIpc) is 2.53. The Morgan fingerprint density at radius 3 is 2.48 bits per heavy atom. The summed E-state index contributed by atoms with van der Waals surface area (Å²) in [5, 5.41) is 5.08. The molecule has 0 bridgehead atoms. The number of rotatable bonds is 4. The summed E-state index contributed by atoms with van der Waals surface area (Å²) in [5.74, 6) is -1.78. The predicted octanol–water partition coefficient (Wildman–Crippen LogP) is 2.74. The molecule has 0 fully saturated rings. The number of anilines is 1. The molecule has 2 N–H and O–H groups in total. The van der Waals surface area contributed by atoms with Crippen molar-refractivity contribution in [3.63, 3.8) is 0 Å². The van der Waals surface area contributed by atoms with E-state index in [-0.39, 0.29) is 12.4 Å². The van der Waals surface area contributed by atoms with Gasteiger partial charge >= 0.3 is 11.8 Å². The smallest absolute Gasteiger partial charge is 0.313 e. The van der Waals surface area contributed by atoms with Crippen molar-refractivity contribution in [1.82, 2.24) is 5.32 Å². The first-order chi connectivity index (χ1) is 11.0. The van der Waals surface area contributed by atoms with Gasteiger partial charge in [0.25, 0.3) is 0 Å². The van der Waals surface area contributed by atoms with E-state index in [1.54, 1.807) is 24.3 Å². The third-order valence-electron chi connectivity index (χ3n) is 3.70. The average molecular weight is 314 g/mol. The van der Waals surface area contributed by atoms with Crippen LogP contribution in [-0.4, -0.2) is 18.4 Å². The molecule has 120 valence electrons. The van der Waals surface area contributed by atoms with Crippen LogP contribution in [0.15, 0.2) is 42.5 Å². The van der Waals surface area contributed by atoms with E-state index in [1.807, 2.05) is 26.0 Å². The van der Waals surface area contributed by atoms with Gasteiger partial charge in [0.15, 0.2) is 0 Å². The Morgan fingerprint density at radius 1 is 1.00 bits per heavy atom. The lowest BCUT2D eigenvalue weighted by molar-refractivity contribution is -0.136. The molecule has 2 aromatic rings. The van der Waals surface area contributed by atoms with Crippen LogP contribution in [0.25, 0.3) is 0 Å². The first kappa shape index (κ1) is 16.7. The van der Waals surface area contributed by atoms with Crippen LogP contribution in [0.5, 0.6) is 0 Å². The maximum absolute atomic E-state index is 13.5. The van der Waals surface area contributed by atoms with Crippen LogP contribution in [0, 0.1) is 19.7 Å². The maximum Gasteiger partial charge on any atom is 0.313 e. The van der Waals surface area contributed by atoms with Crippen LogP contribution in [0.4, 0.5) is 10.1 Å². The Balaban J connectivity index is 1.87. The summed E-state index contributed by atoms with van der Waals surface area (Å²) in [6, 6.07) is 11.8. The molecule has 5 heteroatoms. The number of amides is 2. The molecule has 0 atom stereocenters. The predicted molar refractivity (Wildman–Crippen MR) is 87.7 cm³/mol. The maximum atomic E-state index is 13.5. The molecular weight excluding hydrogens is 295 g/mol. The van der Waals surface area contributed by atoms with Crippen LogP contribution in [0.1, 0.15) is 16.7 Å². The molecule has 4 nitrogen and oxygen atoms in total. The van der Waals surface area contributed by atoms with Crippen LogP contribution < -0.4 is 10.6 Å². The largest absolute Gasteiger partial charge is 0.347 e. The summed E-state index contributed by atoms with van der Waals surface area (Å²) in [6.45, 7) is 4.00. The van der Waals surface area contributed by atoms with E-state index in [0.29, 0.717) is 17.7 Å². The zero-order valence-corrected chi connectivity index (χ0v) is 13.2. The van der Waals surface area contributed by atoms with E-state index in [2.05, 4.69) is 10.6 Å². The summed E-state index contributed by atoms with van der Waals surface area (Å²) in [6.07, 6.45) is 0.329. The number of benzene rings is 2. The first-order valence-electron chi connectivity index (χ1n) is 7.38. The standard InChI is InChI=1S/C18H19FN2O2/c1-12-6-5-9-16(13(12)2)21-18(23)17(22)20-11-10-14-7-3-4-8-15(14)19/h3-9H,10-11H2,1-2H3,(H,20,22)(H,21,23). The van der Waals surface area contributed by atoms with Gasteiger partial charge in [0.05, 0.1) is 0 Å². The molecule has 0 saturated carbocycles. The summed E-state index contributed by atoms with van der Waals surface area (Å²) in [4.78, 5) is 23.7. The second-order valence-electron chi connectivity index (χ2n) is 5.30. The Bertz CT molecular complexity index is 729. The summed E-state index contributed by atoms with van der Waals surface area (Å²) < 4.78 is 13.5. The van der Waals surface area contributed by atoms with E-state index in [9.17, 15) is 14.0 Å². The fourth-order valence-electron chi connectivity index (χ4n) is 2.16. The Labute approximate surface area is 134 Å². The molecule has 0 heterocycles. The van der Waals surface area contributed by atoms with Crippen LogP contribution in [-0.2, 0) is 16.0 Å².